The minimum Gasteiger partial charge on any atom is -0.480 e. The Labute approximate surface area is 185 Å². The summed E-state index contributed by atoms with van der Waals surface area (Å²) < 4.78 is 1.73. The lowest BCUT2D eigenvalue weighted by Gasteiger charge is -2.20. The topological polar surface area (TPSA) is 121 Å². The number of aryl methyl sites for hydroxylation is 1. The van der Waals surface area contributed by atoms with E-state index in [1.165, 1.54) is 5.56 Å². The molecule has 0 spiro atoms. The normalized spacial score (nSPS) is 18.5. The van der Waals surface area contributed by atoms with Crippen LogP contribution in [0.5, 0.6) is 0 Å². The SMILES string of the molecule is O=C(NO)c1ccc(-c2cn([C@H]3C[C@H](C(=O)O)N(CCCc4ccccc4)C3)nn2)cc1. The molecule has 1 aromatic heterocycles. The Balaban J connectivity index is 1.41. The molecular weight excluding hydrogens is 410 g/mol. The van der Waals surface area contributed by atoms with E-state index >= 15 is 0 Å². The molecule has 1 aliphatic rings. The number of carbonyl (C=O) groups excluding carboxylic acids is 1. The lowest BCUT2D eigenvalue weighted by atomic mass is 10.1. The van der Waals surface area contributed by atoms with Gasteiger partial charge in [0.15, 0.2) is 0 Å². The van der Waals surface area contributed by atoms with E-state index in [1.807, 2.05) is 23.1 Å². The van der Waals surface area contributed by atoms with Gasteiger partial charge in [0.2, 0.25) is 0 Å². The van der Waals surface area contributed by atoms with Gasteiger partial charge in [-0.1, -0.05) is 47.7 Å². The molecule has 2 atom stereocenters. The summed E-state index contributed by atoms with van der Waals surface area (Å²) in [5.41, 5.74) is 4.59. The number of hydroxylamine groups is 1. The Morgan fingerprint density at radius 3 is 2.53 bits per heavy atom. The third kappa shape index (κ3) is 4.84. The Morgan fingerprint density at radius 1 is 1.09 bits per heavy atom. The van der Waals surface area contributed by atoms with Crippen molar-refractivity contribution in [3.8, 4) is 11.3 Å². The zero-order valence-corrected chi connectivity index (χ0v) is 17.5. The minimum absolute atomic E-state index is 0.0754. The van der Waals surface area contributed by atoms with Crippen molar-refractivity contribution in [1.29, 1.82) is 0 Å². The van der Waals surface area contributed by atoms with E-state index in [4.69, 9.17) is 5.21 Å². The van der Waals surface area contributed by atoms with Crippen LogP contribution in [-0.2, 0) is 11.2 Å². The van der Waals surface area contributed by atoms with Crippen molar-refractivity contribution in [3.63, 3.8) is 0 Å². The molecular formula is C23H25N5O4. The molecule has 0 unspecified atom stereocenters. The maximum absolute atomic E-state index is 11.8. The second-order valence-electron chi connectivity index (χ2n) is 7.93. The highest BCUT2D eigenvalue weighted by Gasteiger charge is 2.37. The first-order valence-corrected chi connectivity index (χ1v) is 10.5. The van der Waals surface area contributed by atoms with Crippen molar-refractivity contribution < 1.29 is 19.9 Å². The number of nitrogens with one attached hydrogen (secondary N) is 1. The molecule has 3 N–H and O–H groups in total. The third-order valence-corrected chi connectivity index (χ3v) is 5.85. The van der Waals surface area contributed by atoms with Gasteiger partial charge in [-0.05, 0) is 43.5 Å². The zero-order chi connectivity index (χ0) is 22.5. The molecule has 0 aliphatic carbocycles. The van der Waals surface area contributed by atoms with E-state index in [-0.39, 0.29) is 6.04 Å². The van der Waals surface area contributed by atoms with E-state index < -0.39 is 17.9 Å². The Morgan fingerprint density at radius 2 is 1.84 bits per heavy atom. The number of amides is 1. The van der Waals surface area contributed by atoms with Gasteiger partial charge >= 0.3 is 5.97 Å². The lowest BCUT2D eigenvalue weighted by molar-refractivity contribution is -0.142. The first kappa shape index (κ1) is 21.7. The maximum atomic E-state index is 11.8. The smallest absolute Gasteiger partial charge is 0.321 e. The minimum atomic E-state index is -0.815. The first-order chi connectivity index (χ1) is 15.5. The van der Waals surface area contributed by atoms with Crippen LogP contribution in [0.25, 0.3) is 11.3 Å². The molecule has 32 heavy (non-hydrogen) atoms. The quantitative estimate of drug-likeness (QED) is 0.367. The lowest BCUT2D eigenvalue weighted by Crippen LogP contribution is -2.36. The van der Waals surface area contributed by atoms with E-state index in [0.29, 0.717) is 30.8 Å². The molecule has 1 saturated heterocycles. The van der Waals surface area contributed by atoms with Gasteiger partial charge < -0.3 is 5.11 Å². The van der Waals surface area contributed by atoms with Crippen molar-refractivity contribution in [2.45, 2.75) is 31.3 Å². The number of carboxylic acid groups (broad SMARTS) is 1. The van der Waals surface area contributed by atoms with Crippen LogP contribution in [0.3, 0.4) is 0 Å². The number of benzene rings is 2. The third-order valence-electron chi connectivity index (χ3n) is 5.85. The van der Waals surface area contributed by atoms with Crippen LogP contribution in [0.4, 0.5) is 0 Å². The van der Waals surface area contributed by atoms with Crippen LogP contribution in [0.1, 0.15) is 34.8 Å². The fourth-order valence-corrected chi connectivity index (χ4v) is 4.15. The molecule has 0 saturated carbocycles. The van der Waals surface area contributed by atoms with Crippen LogP contribution < -0.4 is 5.48 Å². The van der Waals surface area contributed by atoms with Crippen molar-refractivity contribution in [1.82, 2.24) is 25.4 Å². The number of nitrogens with zero attached hydrogens (tertiary/aromatic N) is 4. The number of aliphatic carboxylic acids is 1. The summed E-state index contributed by atoms with van der Waals surface area (Å²) in [6.07, 6.45) is 4.07. The van der Waals surface area contributed by atoms with Crippen LogP contribution in [-0.4, -0.2) is 61.2 Å². The number of aromatic nitrogens is 3. The molecule has 0 bridgehead atoms. The molecule has 0 radical (unpaired) electrons. The molecule has 3 aromatic rings. The van der Waals surface area contributed by atoms with Gasteiger partial charge in [-0.25, -0.2) is 10.2 Å². The average Bonchev–Trinajstić information content (AvgIpc) is 3.47. The fraction of sp³-hybridized carbons (Fsp3) is 0.304. The van der Waals surface area contributed by atoms with Gasteiger partial charge in [0.05, 0.1) is 12.2 Å². The number of carbonyl (C=O) groups is 2. The second kappa shape index (κ2) is 9.71. The average molecular weight is 435 g/mol. The predicted octanol–water partition coefficient (Wildman–Crippen LogP) is 2.40. The van der Waals surface area contributed by atoms with Crippen molar-refractivity contribution in [2.24, 2.45) is 0 Å². The van der Waals surface area contributed by atoms with Crippen LogP contribution in [0.15, 0.2) is 60.8 Å². The van der Waals surface area contributed by atoms with Crippen LogP contribution >= 0.6 is 0 Å². The first-order valence-electron chi connectivity index (χ1n) is 10.5. The van der Waals surface area contributed by atoms with Gasteiger partial charge in [0.25, 0.3) is 5.91 Å². The monoisotopic (exact) mass is 435 g/mol. The van der Waals surface area contributed by atoms with E-state index in [1.54, 1.807) is 40.6 Å². The standard InChI is InChI=1S/C23H25N5O4/c29-22(25-32)18-10-8-17(9-11-18)20-15-28(26-24-20)19-13-21(23(30)31)27(14-19)12-4-7-16-5-2-1-3-6-16/h1-3,5-6,8-11,15,19,21,32H,4,7,12-14H2,(H,25,29)(H,30,31)/t19-,21+/m0/s1. The largest absolute Gasteiger partial charge is 0.480 e. The van der Waals surface area contributed by atoms with Gasteiger partial charge in [-0.15, -0.1) is 5.10 Å². The van der Waals surface area contributed by atoms with E-state index in [2.05, 4.69) is 22.4 Å². The number of rotatable bonds is 8. The van der Waals surface area contributed by atoms with E-state index in [9.17, 15) is 14.7 Å². The fourth-order valence-electron chi connectivity index (χ4n) is 4.15. The molecule has 1 aliphatic heterocycles. The summed E-state index contributed by atoms with van der Waals surface area (Å²) in [5.74, 6) is -1.40. The summed E-state index contributed by atoms with van der Waals surface area (Å²) in [7, 11) is 0. The van der Waals surface area contributed by atoms with Gasteiger partial charge in [0, 0.05) is 17.7 Å². The summed E-state index contributed by atoms with van der Waals surface area (Å²) in [4.78, 5) is 25.3. The number of carboxylic acids is 1. The molecule has 166 valence electrons. The molecule has 2 aromatic carbocycles. The highest BCUT2D eigenvalue weighted by atomic mass is 16.5. The van der Waals surface area contributed by atoms with Crippen molar-refractivity contribution in [3.05, 3.63) is 71.9 Å². The highest BCUT2D eigenvalue weighted by Crippen LogP contribution is 2.29. The molecule has 4 rings (SSSR count). The Hall–Kier alpha value is -3.56. The molecule has 9 nitrogen and oxygen atoms in total. The number of hydrogen-bond acceptors (Lipinski definition) is 6. The second-order valence-corrected chi connectivity index (χ2v) is 7.93. The van der Waals surface area contributed by atoms with Gasteiger partial charge in [0.1, 0.15) is 11.7 Å². The molecule has 1 fully saturated rings. The van der Waals surface area contributed by atoms with Crippen LogP contribution in [0.2, 0.25) is 0 Å². The van der Waals surface area contributed by atoms with E-state index in [0.717, 1.165) is 18.4 Å². The van der Waals surface area contributed by atoms with Gasteiger partial charge in [-0.2, -0.15) is 0 Å². The van der Waals surface area contributed by atoms with Crippen molar-refractivity contribution in [2.75, 3.05) is 13.1 Å². The maximum Gasteiger partial charge on any atom is 0.321 e. The van der Waals surface area contributed by atoms with Gasteiger partial charge in [-0.3, -0.25) is 19.7 Å². The summed E-state index contributed by atoms with van der Waals surface area (Å²) >= 11 is 0. The highest BCUT2D eigenvalue weighted by molar-refractivity contribution is 5.93. The van der Waals surface area contributed by atoms with Crippen LogP contribution in [0, 0.1) is 0 Å². The number of likely N-dealkylation sites (tertiary alicyclic amines) is 1. The zero-order valence-electron chi connectivity index (χ0n) is 17.5. The molecule has 9 heteroatoms. The summed E-state index contributed by atoms with van der Waals surface area (Å²) in [5, 5.41) is 26.9. The molecule has 1 amide bonds. The van der Waals surface area contributed by atoms with Crippen molar-refractivity contribution >= 4 is 11.9 Å². The molecule has 2 heterocycles. The summed E-state index contributed by atoms with van der Waals surface area (Å²) in [6.45, 7) is 1.31. The Kier molecular flexibility index (Phi) is 6.58. The summed E-state index contributed by atoms with van der Waals surface area (Å²) in [6, 6.07) is 16.2. The number of hydrogen-bond donors (Lipinski definition) is 3. The predicted molar refractivity (Wildman–Crippen MR) is 116 cm³/mol. The Bertz CT molecular complexity index is 1070.